The predicted octanol–water partition coefficient (Wildman–Crippen LogP) is 4.67. The molecule has 4 rings (SSSR count). The summed E-state index contributed by atoms with van der Waals surface area (Å²) in [5.41, 5.74) is 2.75. The van der Waals surface area contributed by atoms with Crippen molar-refractivity contribution in [1.29, 1.82) is 0 Å². The van der Waals surface area contributed by atoms with Gasteiger partial charge in [0.05, 0.1) is 13.2 Å². The van der Waals surface area contributed by atoms with Crippen molar-refractivity contribution >= 4 is 17.7 Å². The van der Waals surface area contributed by atoms with Crippen LogP contribution in [0.2, 0.25) is 0 Å². The fourth-order valence-electron chi connectivity index (χ4n) is 4.31. The molecule has 2 aliphatic heterocycles. The van der Waals surface area contributed by atoms with E-state index in [-0.39, 0.29) is 17.1 Å². The van der Waals surface area contributed by atoms with E-state index in [0.29, 0.717) is 31.6 Å². The first kappa shape index (κ1) is 21.6. The van der Waals surface area contributed by atoms with E-state index in [1.807, 2.05) is 26.0 Å². The van der Waals surface area contributed by atoms with Crippen molar-refractivity contribution in [3.63, 3.8) is 0 Å². The van der Waals surface area contributed by atoms with Crippen molar-refractivity contribution in [3.8, 4) is 23.7 Å². The van der Waals surface area contributed by atoms with Crippen molar-refractivity contribution in [3.05, 3.63) is 64.7 Å². The van der Waals surface area contributed by atoms with Crippen molar-refractivity contribution in [2.24, 2.45) is 0 Å². The van der Waals surface area contributed by atoms with Gasteiger partial charge in [-0.15, -0.1) is 0 Å². The topological polar surface area (TPSA) is 71.1 Å². The molecule has 32 heavy (non-hydrogen) atoms. The first-order valence-electron chi connectivity index (χ1n) is 10.1. The summed E-state index contributed by atoms with van der Waals surface area (Å²) in [6, 6.07) is 9.84. The maximum absolute atomic E-state index is 13.4. The fraction of sp³-hybridized carbons (Fsp3) is 0.280. The zero-order valence-corrected chi connectivity index (χ0v) is 17.7. The summed E-state index contributed by atoms with van der Waals surface area (Å²) in [7, 11) is 0. The molecule has 0 saturated carbocycles. The number of esters is 1. The Labute approximate surface area is 184 Å². The van der Waals surface area contributed by atoms with Gasteiger partial charge in [-0.05, 0) is 53.8 Å². The van der Waals surface area contributed by atoms with Gasteiger partial charge in [0.25, 0.3) is 0 Å². The zero-order chi connectivity index (χ0) is 22.9. The average Bonchev–Trinajstić information content (AvgIpc) is 3.00. The summed E-state index contributed by atoms with van der Waals surface area (Å²) >= 11 is 0. The quantitative estimate of drug-likeness (QED) is 0.514. The number of rotatable bonds is 3. The van der Waals surface area contributed by atoms with Crippen LogP contribution in [-0.4, -0.2) is 30.9 Å². The molecule has 6 nitrogen and oxygen atoms in total. The molecule has 0 aromatic heterocycles. The molecule has 0 unspecified atom stereocenters. The third-order valence-electron chi connectivity index (χ3n) is 5.84. The number of aryl methyl sites for hydroxylation is 1. The number of carbonyl (C=O) groups excluding carboxylic acids is 2. The number of halogens is 1. The lowest BCUT2D eigenvalue weighted by molar-refractivity contribution is -0.155. The second kappa shape index (κ2) is 8.48. The summed E-state index contributed by atoms with van der Waals surface area (Å²) in [4.78, 5) is 25.3. The Morgan fingerprint density at radius 3 is 2.47 bits per heavy atom. The molecule has 1 spiro atoms. The lowest BCUT2D eigenvalue weighted by Crippen LogP contribution is -2.40. The van der Waals surface area contributed by atoms with Crippen molar-refractivity contribution in [2.75, 3.05) is 13.2 Å². The van der Waals surface area contributed by atoms with E-state index in [1.54, 1.807) is 18.2 Å². The Hall–Kier alpha value is -3.63. The van der Waals surface area contributed by atoms with Gasteiger partial charge in [-0.1, -0.05) is 30.7 Å². The van der Waals surface area contributed by atoms with Crippen molar-refractivity contribution in [2.45, 2.75) is 32.3 Å². The highest BCUT2D eigenvalue weighted by atomic mass is 19.1. The molecule has 0 amide bonds. The predicted molar refractivity (Wildman–Crippen MR) is 114 cm³/mol. The Kier molecular flexibility index (Phi) is 5.72. The third-order valence-corrected chi connectivity index (χ3v) is 5.84. The van der Waals surface area contributed by atoms with Gasteiger partial charge in [-0.2, -0.15) is 0 Å². The van der Waals surface area contributed by atoms with Gasteiger partial charge in [-0.25, -0.2) is 14.0 Å². The van der Waals surface area contributed by atoms with Crippen LogP contribution >= 0.6 is 0 Å². The summed E-state index contributed by atoms with van der Waals surface area (Å²) in [5, 5.41) is 0. The van der Waals surface area contributed by atoms with Crippen LogP contribution in [0.25, 0.3) is 16.7 Å². The van der Waals surface area contributed by atoms with Gasteiger partial charge in [0, 0.05) is 12.8 Å². The van der Waals surface area contributed by atoms with Crippen LogP contribution in [0, 0.1) is 32.2 Å². The van der Waals surface area contributed by atoms with E-state index >= 15 is 0 Å². The molecule has 7 heteroatoms. The molecule has 2 heterocycles. The number of carbonyl (C=O) groups is 2. The van der Waals surface area contributed by atoms with Crippen LogP contribution in [-0.2, 0) is 23.7 Å². The average molecular weight is 436 g/mol. The van der Waals surface area contributed by atoms with Crippen LogP contribution < -0.4 is 0 Å². The lowest BCUT2D eigenvalue weighted by atomic mass is 9.85. The maximum Gasteiger partial charge on any atom is 0.528 e. The second-order valence-electron chi connectivity index (χ2n) is 7.71. The molecule has 164 valence electrons. The van der Waals surface area contributed by atoms with Gasteiger partial charge in [-0.3, -0.25) is 0 Å². The van der Waals surface area contributed by atoms with E-state index in [1.165, 1.54) is 12.1 Å². The minimum absolute atomic E-state index is 0.0773. The largest absolute Gasteiger partial charge is 0.528 e. The van der Waals surface area contributed by atoms with Gasteiger partial charge in [0.2, 0.25) is 0 Å². The smallest absolute Gasteiger partial charge is 0.447 e. The molecular formula is C25H21FO6. The Morgan fingerprint density at radius 2 is 1.81 bits per heavy atom. The van der Waals surface area contributed by atoms with Crippen LogP contribution in [0.1, 0.15) is 29.5 Å². The molecular weight excluding hydrogens is 415 g/mol. The van der Waals surface area contributed by atoms with Crippen LogP contribution in [0.15, 0.2) is 42.2 Å². The number of hydrogen-bond donors (Lipinski definition) is 0. The molecule has 1 fully saturated rings. The molecule has 0 radical (unpaired) electrons. The Morgan fingerprint density at radius 1 is 1.12 bits per heavy atom. The zero-order valence-electron chi connectivity index (χ0n) is 17.7. The highest BCUT2D eigenvalue weighted by molar-refractivity contribution is 6.21. The first-order valence-corrected chi connectivity index (χ1v) is 10.1. The summed E-state index contributed by atoms with van der Waals surface area (Å²) in [6.45, 7) is 4.38. The summed E-state index contributed by atoms with van der Waals surface area (Å²) in [5.74, 6) is -0.864. The molecule has 0 atom stereocenters. The fourth-order valence-corrected chi connectivity index (χ4v) is 4.31. The van der Waals surface area contributed by atoms with Crippen LogP contribution in [0.4, 0.5) is 9.18 Å². The number of ether oxygens (including phenoxy) is 4. The molecule has 0 bridgehead atoms. The van der Waals surface area contributed by atoms with E-state index in [4.69, 9.17) is 20.6 Å². The molecule has 0 aliphatic carbocycles. The standard InChI is InChI=1S/C25H21FO6/c1-4-30-24(28)31-22-21(23(27)32-25(22)11-13-29-14-12-25)20-15(2)5-10-19(16(20)3)17-6-8-18(26)9-7-17/h1,5-10H,11-14H2,2-3H3. The maximum atomic E-state index is 13.4. The van der Waals surface area contributed by atoms with E-state index < -0.39 is 17.7 Å². The normalized spacial score (nSPS) is 17.1. The Balaban J connectivity index is 1.91. The first-order chi connectivity index (χ1) is 15.4. The number of hydrogen-bond acceptors (Lipinski definition) is 6. The van der Waals surface area contributed by atoms with Crippen LogP contribution in [0.5, 0.6) is 0 Å². The minimum Gasteiger partial charge on any atom is -0.447 e. The molecule has 2 aliphatic rings. The summed E-state index contributed by atoms with van der Waals surface area (Å²) < 4.78 is 34.6. The van der Waals surface area contributed by atoms with E-state index in [0.717, 1.165) is 22.3 Å². The molecule has 0 N–H and O–H groups in total. The number of terminal acetylenes is 1. The lowest BCUT2D eigenvalue weighted by Gasteiger charge is -2.32. The number of benzene rings is 2. The summed E-state index contributed by atoms with van der Waals surface area (Å²) in [6.07, 6.45) is 6.38. The highest BCUT2D eigenvalue weighted by Crippen LogP contribution is 2.46. The van der Waals surface area contributed by atoms with E-state index in [9.17, 15) is 14.0 Å². The minimum atomic E-state index is -1.14. The third kappa shape index (κ3) is 3.74. The van der Waals surface area contributed by atoms with Crippen molar-refractivity contribution < 1.29 is 32.9 Å². The second-order valence-corrected chi connectivity index (χ2v) is 7.71. The monoisotopic (exact) mass is 436 g/mol. The van der Waals surface area contributed by atoms with Gasteiger partial charge < -0.3 is 18.9 Å². The van der Waals surface area contributed by atoms with E-state index in [2.05, 4.69) is 4.74 Å². The van der Waals surface area contributed by atoms with Crippen molar-refractivity contribution in [1.82, 2.24) is 0 Å². The van der Waals surface area contributed by atoms with Gasteiger partial charge in [0.1, 0.15) is 17.5 Å². The van der Waals surface area contributed by atoms with Gasteiger partial charge >= 0.3 is 12.1 Å². The van der Waals surface area contributed by atoms with Crippen LogP contribution in [0.3, 0.4) is 0 Å². The SMILES string of the molecule is C#COC(=O)OC1=C(c2c(C)ccc(-c3ccc(F)cc3)c2C)C(=O)OC12CCOCC2. The Bertz CT molecular complexity index is 1150. The highest BCUT2D eigenvalue weighted by Gasteiger charge is 2.52. The molecule has 2 aromatic rings. The molecule has 2 aromatic carbocycles. The van der Waals surface area contributed by atoms with Gasteiger partial charge in [0.15, 0.2) is 11.4 Å². The molecule has 1 saturated heterocycles.